The van der Waals surface area contributed by atoms with Gasteiger partial charge in [-0.2, -0.15) is 0 Å². The van der Waals surface area contributed by atoms with Crippen molar-refractivity contribution in [2.45, 2.75) is 24.8 Å². The standard InChI is InChI=1S/C14H17NOS/c1-3-12-7-8-13(16-12)10-15-11-5-4-6-14(9-11)17-2/h4-9,15H,3,10H2,1-2H3. The molecule has 0 aliphatic heterocycles. The van der Waals surface area contributed by atoms with Crippen LogP contribution in [0.2, 0.25) is 0 Å². The van der Waals surface area contributed by atoms with Crippen molar-refractivity contribution in [1.29, 1.82) is 0 Å². The van der Waals surface area contributed by atoms with Crippen molar-refractivity contribution >= 4 is 17.4 Å². The molecular weight excluding hydrogens is 230 g/mol. The van der Waals surface area contributed by atoms with E-state index in [9.17, 15) is 0 Å². The molecule has 90 valence electrons. The number of thioether (sulfide) groups is 1. The fourth-order valence-electron chi connectivity index (χ4n) is 1.63. The van der Waals surface area contributed by atoms with Crippen LogP contribution in [0.4, 0.5) is 5.69 Å². The van der Waals surface area contributed by atoms with Gasteiger partial charge < -0.3 is 9.73 Å². The maximum atomic E-state index is 5.64. The number of nitrogens with one attached hydrogen (secondary N) is 1. The van der Waals surface area contributed by atoms with Gasteiger partial charge in [0.25, 0.3) is 0 Å². The molecule has 3 heteroatoms. The second kappa shape index (κ2) is 5.82. The first-order chi connectivity index (χ1) is 8.31. The Balaban J connectivity index is 1.96. The number of hydrogen-bond donors (Lipinski definition) is 1. The third-order valence-electron chi connectivity index (χ3n) is 2.60. The summed E-state index contributed by atoms with van der Waals surface area (Å²) in [6, 6.07) is 12.5. The number of benzene rings is 1. The highest BCUT2D eigenvalue weighted by Crippen LogP contribution is 2.19. The predicted molar refractivity (Wildman–Crippen MR) is 73.6 cm³/mol. The van der Waals surface area contributed by atoms with Crippen LogP contribution in [0.5, 0.6) is 0 Å². The summed E-state index contributed by atoms with van der Waals surface area (Å²) >= 11 is 1.75. The fraction of sp³-hybridized carbons (Fsp3) is 0.286. The first kappa shape index (κ1) is 12.1. The van der Waals surface area contributed by atoms with E-state index >= 15 is 0 Å². The van der Waals surface area contributed by atoms with Crippen LogP contribution < -0.4 is 5.32 Å². The van der Waals surface area contributed by atoms with Gasteiger partial charge in [0, 0.05) is 17.0 Å². The minimum atomic E-state index is 0.734. The Labute approximate surface area is 106 Å². The number of aryl methyl sites for hydroxylation is 1. The molecule has 0 aliphatic rings. The molecule has 17 heavy (non-hydrogen) atoms. The molecule has 2 rings (SSSR count). The minimum Gasteiger partial charge on any atom is -0.464 e. The molecule has 0 aliphatic carbocycles. The molecule has 0 unspecified atom stereocenters. The quantitative estimate of drug-likeness (QED) is 0.802. The van der Waals surface area contributed by atoms with E-state index in [1.807, 2.05) is 12.1 Å². The highest BCUT2D eigenvalue weighted by Gasteiger charge is 2.00. The molecule has 0 saturated carbocycles. The predicted octanol–water partition coefficient (Wildman–Crippen LogP) is 4.18. The third kappa shape index (κ3) is 3.30. The molecule has 0 saturated heterocycles. The smallest absolute Gasteiger partial charge is 0.123 e. The molecule has 0 bridgehead atoms. The molecule has 1 aromatic carbocycles. The van der Waals surface area contributed by atoms with Crippen LogP contribution in [-0.4, -0.2) is 6.26 Å². The lowest BCUT2D eigenvalue weighted by Gasteiger charge is -2.05. The second-order valence-corrected chi connectivity index (χ2v) is 4.69. The normalized spacial score (nSPS) is 10.5. The summed E-state index contributed by atoms with van der Waals surface area (Å²) in [7, 11) is 0. The Morgan fingerprint density at radius 3 is 2.71 bits per heavy atom. The highest BCUT2D eigenvalue weighted by atomic mass is 32.2. The van der Waals surface area contributed by atoms with Crippen LogP contribution in [0.25, 0.3) is 0 Å². The average molecular weight is 247 g/mol. The minimum absolute atomic E-state index is 0.734. The van der Waals surface area contributed by atoms with Gasteiger partial charge in [-0.3, -0.25) is 0 Å². The van der Waals surface area contributed by atoms with Crippen molar-refractivity contribution < 1.29 is 4.42 Å². The van der Waals surface area contributed by atoms with Crippen LogP contribution in [-0.2, 0) is 13.0 Å². The van der Waals surface area contributed by atoms with Gasteiger partial charge in [-0.05, 0) is 36.6 Å². The van der Waals surface area contributed by atoms with E-state index in [1.54, 1.807) is 11.8 Å². The lowest BCUT2D eigenvalue weighted by atomic mass is 10.3. The van der Waals surface area contributed by atoms with Crippen molar-refractivity contribution in [3.63, 3.8) is 0 Å². The van der Waals surface area contributed by atoms with Crippen molar-refractivity contribution in [1.82, 2.24) is 0 Å². The van der Waals surface area contributed by atoms with Crippen LogP contribution in [0, 0.1) is 0 Å². The maximum absolute atomic E-state index is 5.64. The number of rotatable bonds is 5. The monoisotopic (exact) mass is 247 g/mol. The zero-order chi connectivity index (χ0) is 12.1. The molecule has 0 amide bonds. The summed E-state index contributed by atoms with van der Waals surface area (Å²) in [4.78, 5) is 1.27. The Morgan fingerprint density at radius 1 is 1.18 bits per heavy atom. The SMILES string of the molecule is CCc1ccc(CNc2cccc(SC)c2)o1. The molecule has 1 N–H and O–H groups in total. The van der Waals surface area contributed by atoms with Gasteiger partial charge >= 0.3 is 0 Å². The van der Waals surface area contributed by atoms with E-state index in [0.29, 0.717) is 0 Å². The summed E-state index contributed by atoms with van der Waals surface area (Å²) in [6.07, 6.45) is 3.03. The maximum Gasteiger partial charge on any atom is 0.123 e. The van der Waals surface area contributed by atoms with Crippen LogP contribution in [0.3, 0.4) is 0 Å². The topological polar surface area (TPSA) is 25.2 Å². The lowest BCUT2D eigenvalue weighted by Crippen LogP contribution is -1.97. The van der Waals surface area contributed by atoms with Gasteiger partial charge in [0.1, 0.15) is 11.5 Å². The van der Waals surface area contributed by atoms with E-state index in [4.69, 9.17) is 4.42 Å². The van der Waals surface area contributed by atoms with Crippen molar-refractivity contribution in [2.75, 3.05) is 11.6 Å². The number of furan rings is 1. The summed E-state index contributed by atoms with van der Waals surface area (Å²) in [5, 5.41) is 3.37. The van der Waals surface area contributed by atoms with Crippen LogP contribution in [0.15, 0.2) is 45.7 Å². The van der Waals surface area contributed by atoms with Gasteiger partial charge in [-0.15, -0.1) is 11.8 Å². The Morgan fingerprint density at radius 2 is 2.00 bits per heavy atom. The molecule has 1 aromatic heterocycles. The van der Waals surface area contributed by atoms with Gasteiger partial charge in [0.05, 0.1) is 6.54 Å². The Hall–Kier alpha value is -1.35. The van der Waals surface area contributed by atoms with Gasteiger partial charge in [0.15, 0.2) is 0 Å². The molecule has 0 radical (unpaired) electrons. The number of hydrogen-bond acceptors (Lipinski definition) is 3. The van der Waals surface area contributed by atoms with E-state index in [1.165, 1.54) is 4.90 Å². The van der Waals surface area contributed by atoms with Crippen molar-refractivity contribution in [3.8, 4) is 0 Å². The summed E-state index contributed by atoms with van der Waals surface area (Å²) in [5.41, 5.74) is 1.13. The van der Waals surface area contributed by atoms with Crippen molar-refractivity contribution in [2.24, 2.45) is 0 Å². The van der Waals surface area contributed by atoms with Gasteiger partial charge in [-0.25, -0.2) is 0 Å². The number of anilines is 1. The third-order valence-corrected chi connectivity index (χ3v) is 3.33. The first-order valence-electron chi connectivity index (χ1n) is 5.77. The van der Waals surface area contributed by atoms with Crippen LogP contribution in [0.1, 0.15) is 18.4 Å². The van der Waals surface area contributed by atoms with E-state index < -0.39 is 0 Å². The molecule has 0 atom stereocenters. The van der Waals surface area contributed by atoms with E-state index in [0.717, 1.165) is 30.2 Å². The van der Waals surface area contributed by atoms with E-state index in [2.05, 4.69) is 42.8 Å². The van der Waals surface area contributed by atoms with E-state index in [-0.39, 0.29) is 0 Å². The largest absolute Gasteiger partial charge is 0.464 e. The average Bonchev–Trinajstić information content (AvgIpc) is 2.84. The zero-order valence-corrected chi connectivity index (χ0v) is 11.0. The molecule has 0 spiro atoms. The molecule has 2 aromatic rings. The second-order valence-electron chi connectivity index (χ2n) is 3.81. The molecule has 2 nitrogen and oxygen atoms in total. The Kier molecular flexibility index (Phi) is 4.15. The molecule has 0 fully saturated rings. The fourth-order valence-corrected chi connectivity index (χ4v) is 2.09. The summed E-state index contributed by atoms with van der Waals surface area (Å²) in [5.74, 6) is 2.02. The zero-order valence-electron chi connectivity index (χ0n) is 10.2. The van der Waals surface area contributed by atoms with Gasteiger partial charge in [0.2, 0.25) is 0 Å². The van der Waals surface area contributed by atoms with Crippen LogP contribution >= 0.6 is 11.8 Å². The molecule has 1 heterocycles. The molecular formula is C14H17NOS. The summed E-state index contributed by atoms with van der Waals surface area (Å²) < 4.78 is 5.64. The highest BCUT2D eigenvalue weighted by molar-refractivity contribution is 7.98. The lowest BCUT2D eigenvalue weighted by molar-refractivity contribution is 0.476. The van der Waals surface area contributed by atoms with Crippen molar-refractivity contribution in [3.05, 3.63) is 47.9 Å². The summed E-state index contributed by atoms with van der Waals surface area (Å²) in [6.45, 7) is 2.83. The Bertz CT molecular complexity index is 479. The first-order valence-corrected chi connectivity index (χ1v) is 7.00. The van der Waals surface area contributed by atoms with Gasteiger partial charge in [-0.1, -0.05) is 13.0 Å².